The molecule has 3 heteroatoms. The summed E-state index contributed by atoms with van der Waals surface area (Å²) in [6.45, 7) is 0. The van der Waals surface area contributed by atoms with Crippen molar-refractivity contribution in [2.75, 3.05) is 4.90 Å². The molecule has 9 aromatic rings. The predicted molar refractivity (Wildman–Crippen MR) is 176 cm³/mol. The van der Waals surface area contributed by atoms with E-state index in [1.54, 1.807) is 0 Å². The van der Waals surface area contributed by atoms with Crippen LogP contribution < -0.4 is 4.90 Å². The molecule has 0 aliphatic rings. The first kappa shape index (κ1) is 22.7. The van der Waals surface area contributed by atoms with Crippen LogP contribution in [0.2, 0.25) is 0 Å². The van der Waals surface area contributed by atoms with Crippen molar-refractivity contribution >= 4 is 92.1 Å². The molecule has 2 nitrogen and oxygen atoms in total. The molecule has 0 aliphatic carbocycles. The molecular formula is C38H23NOS. The minimum atomic E-state index is 0.932. The first-order chi connectivity index (χ1) is 20.3. The number of thiophene rings is 1. The lowest BCUT2D eigenvalue weighted by atomic mass is 10.0. The summed E-state index contributed by atoms with van der Waals surface area (Å²) in [6, 6.07) is 50.0. The van der Waals surface area contributed by atoms with E-state index in [9.17, 15) is 0 Å². The van der Waals surface area contributed by atoms with Crippen LogP contribution >= 0.6 is 11.3 Å². The van der Waals surface area contributed by atoms with E-state index in [4.69, 9.17) is 4.42 Å². The van der Waals surface area contributed by atoms with Crippen LogP contribution in [0.4, 0.5) is 17.1 Å². The molecule has 0 atom stereocenters. The minimum Gasteiger partial charge on any atom is -0.456 e. The van der Waals surface area contributed by atoms with Crippen LogP contribution in [0.5, 0.6) is 0 Å². The third-order valence-electron chi connectivity index (χ3n) is 8.23. The van der Waals surface area contributed by atoms with Gasteiger partial charge in [-0.3, -0.25) is 0 Å². The third kappa shape index (κ3) is 3.36. The Morgan fingerprint density at radius 2 is 1.15 bits per heavy atom. The molecule has 0 spiro atoms. The summed E-state index contributed by atoms with van der Waals surface area (Å²) >= 11 is 1.86. The summed E-state index contributed by atoms with van der Waals surface area (Å²) in [5.74, 6) is 0. The number of hydrogen-bond donors (Lipinski definition) is 0. The Bertz CT molecular complexity index is 2430. The van der Waals surface area contributed by atoms with Crippen LogP contribution in [0.25, 0.3) is 63.7 Å². The summed E-state index contributed by atoms with van der Waals surface area (Å²) in [7, 11) is 0. The van der Waals surface area contributed by atoms with Gasteiger partial charge in [-0.15, -0.1) is 11.3 Å². The van der Waals surface area contributed by atoms with Crippen molar-refractivity contribution in [2.24, 2.45) is 0 Å². The standard InChI is InChI=1S/C38H23NOS/c1-2-10-26(11-3-1)39(27-20-19-25-18-17-24-9-4-5-12-28(24)32(25)23-27)33-15-8-14-29-30-21-22-35-36(38(30)41-37(29)33)31-13-6-7-16-34(31)40-35/h1-23H. The monoisotopic (exact) mass is 541 g/mol. The average molecular weight is 542 g/mol. The van der Waals surface area contributed by atoms with Crippen molar-refractivity contribution in [3.8, 4) is 0 Å². The Hall–Kier alpha value is -5.12. The molecule has 2 aromatic heterocycles. The Morgan fingerprint density at radius 3 is 2.05 bits per heavy atom. The highest BCUT2D eigenvalue weighted by Gasteiger charge is 2.20. The van der Waals surface area contributed by atoms with Crippen LogP contribution in [-0.4, -0.2) is 0 Å². The molecule has 0 saturated heterocycles. The van der Waals surface area contributed by atoms with E-state index in [0.717, 1.165) is 22.5 Å². The minimum absolute atomic E-state index is 0.932. The number of hydrogen-bond acceptors (Lipinski definition) is 3. The van der Waals surface area contributed by atoms with Gasteiger partial charge in [0.2, 0.25) is 0 Å². The van der Waals surface area contributed by atoms with Crippen LogP contribution in [0, 0.1) is 0 Å². The lowest BCUT2D eigenvalue weighted by Gasteiger charge is -2.26. The molecule has 0 fully saturated rings. The zero-order valence-corrected chi connectivity index (χ0v) is 22.9. The number of anilines is 3. The van der Waals surface area contributed by atoms with Crippen molar-refractivity contribution in [2.45, 2.75) is 0 Å². The topological polar surface area (TPSA) is 16.4 Å². The second kappa shape index (κ2) is 8.69. The van der Waals surface area contributed by atoms with Gasteiger partial charge in [-0.1, -0.05) is 91.0 Å². The number of nitrogens with zero attached hydrogens (tertiary/aromatic N) is 1. The largest absolute Gasteiger partial charge is 0.456 e. The highest BCUT2D eigenvalue weighted by molar-refractivity contribution is 7.27. The van der Waals surface area contributed by atoms with E-state index in [1.165, 1.54) is 58.2 Å². The van der Waals surface area contributed by atoms with Crippen molar-refractivity contribution < 1.29 is 4.42 Å². The lowest BCUT2D eigenvalue weighted by Crippen LogP contribution is -2.09. The van der Waals surface area contributed by atoms with Gasteiger partial charge in [-0.25, -0.2) is 0 Å². The summed E-state index contributed by atoms with van der Waals surface area (Å²) in [4.78, 5) is 2.41. The van der Waals surface area contributed by atoms with Crippen LogP contribution in [0.3, 0.4) is 0 Å². The maximum absolute atomic E-state index is 6.25. The molecule has 0 bridgehead atoms. The molecule has 0 amide bonds. The summed E-state index contributed by atoms with van der Waals surface area (Å²) in [5, 5.41) is 9.94. The summed E-state index contributed by atoms with van der Waals surface area (Å²) in [5.41, 5.74) is 5.32. The number of fused-ring (bicyclic) bond motifs is 10. The van der Waals surface area contributed by atoms with Gasteiger partial charge in [0.25, 0.3) is 0 Å². The van der Waals surface area contributed by atoms with Crippen molar-refractivity contribution in [3.05, 3.63) is 140 Å². The van der Waals surface area contributed by atoms with Gasteiger partial charge in [-0.05, 0) is 70.1 Å². The van der Waals surface area contributed by atoms with Crippen molar-refractivity contribution in [1.82, 2.24) is 0 Å². The predicted octanol–water partition coefficient (Wildman–Crippen LogP) is 11.7. The molecule has 192 valence electrons. The zero-order chi connectivity index (χ0) is 26.9. The van der Waals surface area contributed by atoms with Gasteiger partial charge in [0.05, 0.1) is 10.4 Å². The van der Waals surface area contributed by atoms with E-state index in [-0.39, 0.29) is 0 Å². The average Bonchev–Trinajstić information content (AvgIpc) is 3.60. The van der Waals surface area contributed by atoms with Crippen LogP contribution in [0.1, 0.15) is 0 Å². The van der Waals surface area contributed by atoms with Crippen molar-refractivity contribution in [3.63, 3.8) is 0 Å². The third-order valence-corrected chi connectivity index (χ3v) is 9.49. The highest BCUT2D eigenvalue weighted by Crippen LogP contribution is 2.48. The van der Waals surface area contributed by atoms with Crippen molar-refractivity contribution in [1.29, 1.82) is 0 Å². The summed E-state index contributed by atoms with van der Waals surface area (Å²) < 4.78 is 8.78. The van der Waals surface area contributed by atoms with E-state index in [0.29, 0.717) is 0 Å². The van der Waals surface area contributed by atoms with Gasteiger partial charge in [-0.2, -0.15) is 0 Å². The first-order valence-electron chi connectivity index (χ1n) is 13.9. The number of rotatable bonds is 3. The first-order valence-corrected chi connectivity index (χ1v) is 14.7. The fourth-order valence-electron chi connectivity index (χ4n) is 6.36. The molecule has 2 heterocycles. The molecule has 0 N–H and O–H groups in total. The highest BCUT2D eigenvalue weighted by atomic mass is 32.1. The molecular weight excluding hydrogens is 518 g/mol. The lowest BCUT2D eigenvalue weighted by molar-refractivity contribution is 0.669. The van der Waals surface area contributed by atoms with E-state index in [1.807, 2.05) is 17.4 Å². The Labute approximate surface area is 240 Å². The molecule has 9 rings (SSSR count). The number of furan rings is 1. The van der Waals surface area contributed by atoms with Gasteiger partial charge in [0, 0.05) is 37.6 Å². The molecule has 0 aliphatic heterocycles. The fourth-order valence-corrected chi connectivity index (χ4v) is 7.72. The van der Waals surface area contributed by atoms with Gasteiger partial charge in [0.1, 0.15) is 11.2 Å². The molecule has 0 unspecified atom stereocenters. The van der Waals surface area contributed by atoms with Crippen LogP contribution in [0.15, 0.2) is 144 Å². The second-order valence-corrected chi connectivity index (χ2v) is 11.6. The fraction of sp³-hybridized carbons (Fsp3) is 0. The number of para-hydroxylation sites is 2. The smallest absolute Gasteiger partial charge is 0.136 e. The van der Waals surface area contributed by atoms with E-state index >= 15 is 0 Å². The normalized spacial score (nSPS) is 11.9. The van der Waals surface area contributed by atoms with Crippen LogP contribution in [-0.2, 0) is 0 Å². The van der Waals surface area contributed by atoms with E-state index < -0.39 is 0 Å². The Kier molecular flexibility index (Phi) is 4.80. The van der Waals surface area contributed by atoms with Gasteiger partial charge < -0.3 is 9.32 Å². The quantitative estimate of drug-likeness (QED) is 0.207. The van der Waals surface area contributed by atoms with E-state index in [2.05, 4.69) is 138 Å². The summed E-state index contributed by atoms with van der Waals surface area (Å²) in [6.07, 6.45) is 0. The Balaban J connectivity index is 1.35. The molecule has 7 aromatic carbocycles. The van der Waals surface area contributed by atoms with Gasteiger partial charge in [0.15, 0.2) is 0 Å². The molecule has 0 saturated carbocycles. The maximum atomic E-state index is 6.25. The SMILES string of the molecule is c1ccc(N(c2ccc3ccc4ccccc4c3c2)c2cccc3c2sc2c3ccc3oc4ccccc4c32)cc1. The molecule has 0 radical (unpaired) electrons. The van der Waals surface area contributed by atoms with Gasteiger partial charge >= 0.3 is 0 Å². The molecule has 41 heavy (non-hydrogen) atoms. The Morgan fingerprint density at radius 1 is 0.439 bits per heavy atom. The second-order valence-electron chi connectivity index (χ2n) is 10.5. The zero-order valence-electron chi connectivity index (χ0n) is 22.0. The number of benzene rings is 7. The maximum Gasteiger partial charge on any atom is 0.136 e.